The van der Waals surface area contributed by atoms with E-state index in [0.29, 0.717) is 17.8 Å². The van der Waals surface area contributed by atoms with Gasteiger partial charge in [0.2, 0.25) is 0 Å². The van der Waals surface area contributed by atoms with Crippen molar-refractivity contribution in [3.63, 3.8) is 0 Å². The van der Waals surface area contributed by atoms with Gasteiger partial charge in [-0.2, -0.15) is 4.98 Å². The SMILES string of the molecule is Cn1cc(F)c(-c2ccc(-c3ncc(N(C4CC4)[C@H]4C[C@H]5CCC[C@@](C)(N5)[C@H]4F)nn3)c(O)c2)nc1=O. The second-order valence-electron chi connectivity index (χ2n) is 10.7. The predicted molar refractivity (Wildman–Crippen MR) is 133 cm³/mol. The Morgan fingerprint density at radius 2 is 2.05 bits per heavy atom. The zero-order valence-corrected chi connectivity index (χ0v) is 20.7. The molecule has 1 aliphatic carbocycles. The molecule has 0 spiro atoms. The average Bonchev–Trinajstić information content (AvgIpc) is 3.70. The van der Waals surface area contributed by atoms with Crippen LogP contribution in [0.15, 0.2) is 35.4 Å². The molecule has 0 amide bonds. The molecule has 2 bridgehead atoms. The van der Waals surface area contributed by atoms with Crippen LogP contribution in [0.3, 0.4) is 0 Å². The van der Waals surface area contributed by atoms with Crippen molar-refractivity contribution < 1.29 is 13.9 Å². The Balaban J connectivity index is 1.28. The van der Waals surface area contributed by atoms with Gasteiger partial charge in [-0.25, -0.2) is 18.6 Å². The van der Waals surface area contributed by atoms with E-state index in [2.05, 4.69) is 30.4 Å². The number of anilines is 1. The Morgan fingerprint density at radius 3 is 2.76 bits per heavy atom. The Bertz CT molecular complexity index is 1390. The highest BCUT2D eigenvalue weighted by molar-refractivity contribution is 5.71. The summed E-state index contributed by atoms with van der Waals surface area (Å²) >= 11 is 0. The largest absolute Gasteiger partial charge is 0.507 e. The summed E-state index contributed by atoms with van der Waals surface area (Å²) in [4.78, 5) is 22.1. The number of halogens is 2. The third kappa shape index (κ3) is 4.24. The molecule has 194 valence electrons. The highest BCUT2D eigenvalue weighted by Crippen LogP contribution is 2.43. The van der Waals surface area contributed by atoms with Crippen LogP contribution in [0.2, 0.25) is 0 Å². The Kier molecular flexibility index (Phi) is 5.70. The number of piperidine rings is 2. The van der Waals surface area contributed by atoms with Crippen molar-refractivity contribution in [1.82, 2.24) is 30.0 Å². The summed E-state index contributed by atoms with van der Waals surface area (Å²) in [5.41, 5.74) is -0.743. The number of phenols is 1. The minimum absolute atomic E-state index is 0.152. The zero-order chi connectivity index (χ0) is 25.9. The van der Waals surface area contributed by atoms with E-state index < -0.39 is 23.2 Å². The summed E-state index contributed by atoms with van der Waals surface area (Å²) in [6, 6.07) is 4.61. The fourth-order valence-corrected chi connectivity index (χ4v) is 5.89. The van der Waals surface area contributed by atoms with Crippen molar-refractivity contribution in [2.45, 2.75) is 75.3 Å². The molecule has 0 unspecified atom stereocenters. The minimum atomic E-state index is -1.04. The number of fused-ring (bicyclic) bond motifs is 2. The van der Waals surface area contributed by atoms with E-state index in [1.54, 1.807) is 6.20 Å². The normalized spacial score (nSPS) is 27.2. The van der Waals surface area contributed by atoms with E-state index in [4.69, 9.17) is 0 Å². The van der Waals surface area contributed by atoms with E-state index in [-0.39, 0.29) is 41.0 Å². The van der Waals surface area contributed by atoms with Gasteiger partial charge in [-0.15, -0.1) is 10.2 Å². The molecule has 3 aliphatic rings. The van der Waals surface area contributed by atoms with Gasteiger partial charge < -0.3 is 15.3 Å². The first-order chi connectivity index (χ1) is 17.7. The lowest BCUT2D eigenvalue weighted by Crippen LogP contribution is -2.69. The lowest BCUT2D eigenvalue weighted by Gasteiger charge is -2.52. The van der Waals surface area contributed by atoms with Crippen molar-refractivity contribution >= 4 is 5.82 Å². The van der Waals surface area contributed by atoms with E-state index in [1.165, 1.54) is 25.2 Å². The molecule has 9 nitrogen and oxygen atoms in total. The van der Waals surface area contributed by atoms with Gasteiger partial charge in [0.1, 0.15) is 17.6 Å². The van der Waals surface area contributed by atoms with Crippen molar-refractivity contribution in [2.24, 2.45) is 7.05 Å². The van der Waals surface area contributed by atoms with E-state index in [9.17, 15) is 14.3 Å². The first kappa shape index (κ1) is 23.9. The number of hydrogen-bond donors (Lipinski definition) is 2. The van der Waals surface area contributed by atoms with Crippen molar-refractivity contribution in [1.29, 1.82) is 0 Å². The fraction of sp³-hybridized carbons (Fsp3) is 0.500. The number of phenolic OH excluding ortho intramolecular Hbond substituents is 1. The molecule has 3 fully saturated rings. The van der Waals surface area contributed by atoms with Crippen LogP contribution in [0, 0.1) is 5.82 Å². The summed E-state index contributed by atoms with van der Waals surface area (Å²) < 4.78 is 31.2. The molecule has 11 heteroatoms. The first-order valence-electron chi connectivity index (χ1n) is 12.7. The van der Waals surface area contributed by atoms with E-state index in [0.717, 1.165) is 42.9 Å². The minimum Gasteiger partial charge on any atom is -0.507 e. The first-order valence-corrected chi connectivity index (χ1v) is 12.7. The van der Waals surface area contributed by atoms with Crippen LogP contribution in [0.5, 0.6) is 5.75 Å². The lowest BCUT2D eigenvalue weighted by molar-refractivity contribution is 0.0385. The van der Waals surface area contributed by atoms with Crippen LogP contribution in [0.4, 0.5) is 14.6 Å². The summed E-state index contributed by atoms with van der Waals surface area (Å²) in [5.74, 6) is -0.161. The van der Waals surface area contributed by atoms with Gasteiger partial charge in [-0.3, -0.25) is 4.57 Å². The molecule has 37 heavy (non-hydrogen) atoms. The van der Waals surface area contributed by atoms with E-state index >= 15 is 4.39 Å². The highest BCUT2D eigenvalue weighted by atomic mass is 19.1. The molecule has 6 rings (SSSR count). The molecule has 2 saturated heterocycles. The maximum atomic E-state index is 15.8. The van der Waals surface area contributed by atoms with Crippen molar-refractivity contribution in [3.8, 4) is 28.4 Å². The number of alkyl halides is 1. The molecule has 2 aromatic heterocycles. The maximum absolute atomic E-state index is 15.8. The van der Waals surface area contributed by atoms with Gasteiger partial charge >= 0.3 is 5.69 Å². The standard InChI is InChI=1S/C26H29F2N7O2/c1-26-9-3-4-15(31-26)11-19(23(26)28)35(16-6-7-16)21-12-29-24(33-32-21)17-8-5-14(10-20(17)36)22-18(27)13-34(2)25(37)30-22/h5,8,10,12-13,15-16,19,23,31,36H,3-4,6-7,9,11H2,1-2H3/t15-,19+,23+,26-/m1/s1. The average molecular weight is 510 g/mol. The molecule has 2 N–H and O–H groups in total. The summed E-state index contributed by atoms with van der Waals surface area (Å²) in [7, 11) is 1.41. The van der Waals surface area contributed by atoms with Crippen LogP contribution < -0.4 is 15.9 Å². The van der Waals surface area contributed by atoms with Crippen LogP contribution in [0.1, 0.15) is 45.4 Å². The number of hydrogen-bond acceptors (Lipinski definition) is 8. The molecule has 3 aromatic rings. The number of benzene rings is 1. The second kappa shape index (κ2) is 8.83. The molecular formula is C26H29F2N7O2. The van der Waals surface area contributed by atoms with Gasteiger partial charge in [-0.1, -0.05) is 6.07 Å². The zero-order valence-electron chi connectivity index (χ0n) is 20.7. The van der Waals surface area contributed by atoms with Crippen molar-refractivity contribution in [3.05, 3.63) is 46.9 Å². The number of aryl methyl sites for hydroxylation is 1. The maximum Gasteiger partial charge on any atom is 0.348 e. The molecule has 1 saturated carbocycles. The number of aromatic hydroxyl groups is 1. The fourth-order valence-electron chi connectivity index (χ4n) is 5.89. The molecule has 1 aromatic carbocycles. The quantitative estimate of drug-likeness (QED) is 0.540. The van der Waals surface area contributed by atoms with E-state index in [1.807, 2.05) is 6.92 Å². The Labute approximate surface area is 212 Å². The highest BCUT2D eigenvalue weighted by Gasteiger charge is 2.52. The summed E-state index contributed by atoms with van der Waals surface area (Å²) in [6.45, 7) is 1.98. The molecule has 0 radical (unpaired) electrons. The summed E-state index contributed by atoms with van der Waals surface area (Å²) in [6.07, 6.45) is 7.17. The predicted octanol–water partition coefficient (Wildman–Crippen LogP) is 3.12. The van der Waals surface area contributed by atoms with Crippen LogP contribution in [-0.2, 0) is 7.05 Å². The van der Waals surface area contributed by atoms with Gasteiger partial charge in [0.25, 0.3) is 0 Å². The summed E-state index contributed by atoms with van der Waals surface area (Å²) in [5, 5.41) is 22.8. The Morgan fingerprint density at radius 1 is 1.24 bits per heavy atom. The van der Waals surface area contributed by atoms with Crippen LogP contribution in [0.25, 0.3) is 22.6 Å². The smallest absolute Gasteiger partial charge is 0.348 e. The molecule has 2 aliphatic heterocycles. The molecule has 4 atom stereocenters. The molecule has 4 heterocycles. The van der Waals surface area contributed by atoms with Gasteiger partial charge in [0.15, 0.2) is 17.5 Å². The van der Waals surface area contributed by atoms with Gasteiger partial charge in [0.05, 0.1) is 17.8 Å². The van der Waals surface area contributed by atoms with Gasteiger partial charge in [-0.05, 0) is 57.6 Å². The Hall–Kier alpha value is -3.47. The third-order valence-electron chi connectivity index (χ3n) is 7.92. The van der Waals surface area contributed by atoms with Crippen LogP contribution in [-0.4, -0.2) is 59.7 Å². The number of aromatic nitrogens is 5. The number of nitrogens with zero attached hydrogens (tertiary/aromatic N) is 6. The third-order valence-corrected chi connectivity index (χ3v) is 7.92. The molecular weight excluding hydrogens is 480 g/mol. The van der Waals surface area contributed by atoms with Crippen molar-refractivity contribution in [2.75, 3.05) is 4.90 Å². The monoisotopic (exact) mass is 509 g/mol. The van der Waals surface area contributed by atoms with Crippen LogP contribution >= 0.6 is 0 Å². The lowest BCUT2D eigenvalue weighted by atomic mass is 9.73. The second-order valence-corrected chi connectivity index (χ2v) is 10.7. The van der Waals surface area contributed by atoms with Gasteiger partial charge in [0, 0.05) is 36.4 Å². The number of rotatable bonds is 5. The number of nitrogens with one attached hydrogen (secondary N) is 1. The topological polar surface area (TPSA) is 109 Å².